The summed E-state index contributed by atoms with van der Waals surface area (Å²) in [5.74, 6) is -1.23. The highest BCUT2D eigenvalue weighted by Crippen LogP contribution is 2.39. The molecule has 0 fully saturated rings. The molecule has 0 atom stereocenters. The lowest BCUT2D eigenvalue weighted by Crippen LogP contribution is -2.10. The zero-order valence-corrected chi connectivity index (χ0v) is 7.80. The van der Waals surface area contributed by atoms with Crippen LogP contribution in [0.2, 0.25) is 5.02 Å². The molecule has 1 nitrogen and oxygen atoms in total. The van der Waals surface area contributed by atoms with E-state index in [2.05, 4.69) is 0 Å². The number of nitrogen functional groups attached to an aromatic ring is 1. The van der Waals surface area contributed by atoms with E-state index in [1.54, 1.807) is 0 Å². The first kappa shape index (κ1) is 11.1. The van der Waals surface area contributed by atoms with Crippen LogP contribution in [0.3, 0.4) is 0 Å². The van der Waals surface area contributed by atoms with Gasteiger partial charge in [-0.2, -0.15) is 13.2 Å². The number of halogens is 5. The van der Waals surface area contributed by atoms with Crippen LogP contribution >= 0.6 is 11.6 Å². The lowest BCUT2D eigenvalue weighted by Gasteiger charge is -2.13. The first-order valence-electron chi connectivity index (χ1n) is 3.56. The largest absolute Gasteiger partial charge is 0.418 e. The van der Waals surface area contributed by atoms with E-state index < -0.39 is 22.6 Å². The van der Waals surface area contributed by atoms with Crippen LogP contribution in [0.25, 0.3) is 0 Å². The molecular weight excluding hydrogens is 222 g/mol. The lowest BCUT2D eigenvalue weighted by molar-refractivity contribution is -0.138. The molecule has 6 heteroatoms. The van der Waals surface area contributed by atoms with Crippen molar-refractivity contribution in [3.05, 3.63) is 28.0 Å². The summed E-state index contributed by atoms with van der Waals surface area (Å²) >= 11 is 5.21. The van der Waals surface area contributed by atoms with Crippen LogP contribution in [0.4, 0.5) is 23.2 Å². The van der Waals surface area contributed by atoms with Crippen molar-refractivity contribution in [3.63, 3.8) is 0 Å². The van der Waals surface area contributed by atoms with E-state index in [0.717, 1.165) is 6.07 Å². The van der Waals surface area contributed by atoms with Crippen molar-refractivity contribution >= 4 is 17.3 Å². The van der Waals surface area contributed by atoms with E-state index in [0.29, 0.717) is 0 Å². The molecule has 0 saturated carbocycles. The summed E-state index contributed by atoms with van der Waals surface area (Å²) < 4.78 is 49.9. The summed E-state index contributed by atoms with van der Waals surface area (Å²) in [5.41, 5.74) is 3.35. The Labute approximate surface area is 82.5 Å². The SMILES string of the molecule is Cc1cc(N)c(F)c(Cl)c1C(F)(F)F. The maximum absolute atomic E-state index is 12.9. The van der Waals surface area contributed by atoms with Crippen LogP contribution < -0.4 is 5.73 Å². The fourth-order valence-electron chi connectivity index (χ4n) is 1.13. The minimum atomic E-state index is -4.67. The Hall–Kier alpha value is -0.970. The van der Waals surface area contributed by atoms with Crippen molar-refractivity contribution in [2.24, 2.45) is 0 Å². The smallest absolute Gasteiger partial charge is 0.396 e. The van der Waals surface area contributed by atoms with Crippen molar-refractivity contribution in [1.29, 1.82) is 0 Å². The third-order valence-electron chi connectivity index (χ3n) is 1.72. The zero-order chi connectivity index (χ0) is 11.1. The summed E-state index contributed by atoms with van der Waals surface area (Å²) in [5, 5.41) is -0.977. The monoisotopic (exact) mass is 227 g/mol. The molecule has 0 aromatic heterocycles. The number of anilines is 1. The second-order valence-electron chi connectivity index (χ2n) is 2.78. The highest BCUT2D eigenvalue weighted by molar-refractivity contribution is 6.32. The number of benzene rings is 1. The average Bonchev–Trinajstić information content (AvgIpc) is 1.97. The summed E-state index contributed by atoms with van der Waals surface area (Å²) in [7, 11) is 0. The topological polar surface area (TPSA) is 26.0 Å². The first-order chi connectivity index (χ1) is 6.25. The van der Waals surface area contributed by atoms with Crippen molar-refractivity contribution in [2.75, 3.05) is 5.73 Å². The molecule has 0 amide bonds. The molecule has 1 aromatic rings. The second-order valence-corrected chi connectivity index (χ2v) is 3.16. The molecule has 0 spiro atoms. The molecule has 0 aliphatic rings. The van der Waals surface area contributed by atoms with Gasteiger partial charge < -0.3 is 5.73 Å². The molecule has 0 heterocycles. The second kappa shape index (κ2) is 3.31. The predicted molar refractivity (Wildman–Crippen MR) is 45.6 cm³/mol. The van der Waals surface area contributed by atoms with Gasteiger partial charge in [0, 0.05) is 0 Å². The zero-order valence-electron chi connectivity index (χ0n) is 7.04. The Bertz CT molecular complexity index is 373. The van der Waals surface area contributed by atoms with Crippen LogP contribution in [0, 0.1) is 12.7 Å². The molecule has 0 aliphatic carbocycles. The summed E-state index contributed by atoms with van der Waals surface area (Å²) in [6.07, 6.45) is -4.67. The van der Waals surface area contributed by atoms with Crippen LogP contribution in [0.5, 0.6) is 0 Å². The Morgan fingerprint density at radius 1 is 1.36 bits per heavy atom. The molecule has 0 unspecified atom stereocenters. The van der Waals surface area contributed by atoms with Gasteiger partial charge in [0.25, 0.3) is 0 Å². The van der Waals surface area contributed by atoms with Crippen LogP contribution in [-0.2, 0) is 6.18 Å². The summed E-state index contributed by atoms with van der Waals surface area (Å²) in [6, 6.07) is 0.907. The normalized spacial score (nSPS) is 11.9. The molecule has 0 bridgehead atoms. The third kappa shape index (κ3) is 1.77. The number of rotatable bonds is 0. The van der Waals surface area contributed by atoms with Gasteiger partial charge in [-0.05, 0) is 18.6 Å². The quantitative estimate of drug-likeness (QED) is 0.534. The number of alkyl halides is 3. The Morgan fingerprint density at radius 2 is 1.86 bits per heavy atom. The van der Waals surface area contributed by atoms with Gasteiger partial charge in [-0.3, -0.25) is 0 Å². The average molecular weight is 228 g/mol. The number of aryl methyl sites for hydroxylation is 1. The minimum absolute atomic E-state index is 0.193. The number of nitrogens with two attached hydrogens (primary N) is 1. The van der Waals surface area contributed by atoms with Gasteiger partial charge in [-0.25, -0.2) is 4.39 Å². The van der Waals surface area contributed by atoms with E-state index >= 15 is 0 Å². The maximum atomic E-state index is 12.9. The predicted octanol–water partition coefficient (Wildman–Crippen LogP) is 3.39. The Kier molecular flexibility index (Phi) is 2.63. The molecular formula is C8H6ClF4N. The maximum Gasteiger partial charge on any atom is 0.418 e. The Balaban J connectivity index is 3.53. The molecule has 1 rings (SSSR count). The van der Waals surface area contributed by atoms with Gasteiger partial charge in [0.05, 0.1) is 16.3 Å². The molecule has 0 aliphatic heterocycles. The van der Waals surface area contributed by atoms with E-state index in [-0.39, 0.29) is 11.3 Å². The van der Waals surface area contributed by atoms with E-state index in [1.165, 1.54) is 6.92 Å². The molecule has 78 valence electrons. The molecule has 0 saturated heterocycles. The van der Waals surface area contributed by atoms with E-state index in [9.17, 15) is 17.6 Å². The first-order valence-corrected chi connectivity index (χ1v) is 3.94. The number of hydrogen-bond donors (Lipinski definition) is 1. The minimum Gasteiger partial charge on any atom is -0.396 e. The number of hydrogen-bond acceptors (Lipinski definition) is 1. The van der Waals surface area contributed by atoms with Crippen LogP contribution in [-0.4, -0.2) is 0 Å². The highest BCUT2D eigenvalue weighted by Gasteiger charge is 2.36. The Morgan fingerprint density at radius 3 is 2.29 bits per heavy atom. The summed E-state index contributed by atoms with van der Waals surface area (Å²) in [6.45, 7) is 1.17. The van der Waals surface area contributed by atoms with Crippen molar-refractivity contribution in [1.82, 2.24) is 0 Å². The highest BCUT2D eigenvalue weighted by atomic mass is 35.5. The summed E-state index contributed by atoms with van der Waals surface area (Å²) in [4.78, 5) is 0. The van der Waals surface area contributed by atoms with Gasteiger partial charge in [0.1, 0.15) is 0 Å². The van der Waals surface area contributed by atoms with Gasteiger partial charge in [-0.1, -0.05) is 11.6 Å². The van der Waals surface area contributed by atoms with Crippen molar-refractivity contribution < 1.29 is 17.6 Å². The molecule has 2 N–H and O–H groups in total. The van der Waals surface area contributed by atoms with Crippen LogP contribution in [0.15, 0.2) is 6.07 Å². The van der Waals surface area contributed by atoms with Gasteiger partial charge in [-0.15, -0.1) is 0 Å². The van der Waals surface area contributed by atoms with Gasteiger partial charge in [0.15, 0.2) is 5.82 Å². The molecule has 1 aromatic carbocycles. The van der Waals surface area contributed by atoms with Crippen molar-refractivity contribution in [2.45, 2.75) is 13.1 Å². The van der Waals surface area contributed by atoms with Crippen molar-refractivity contribution in [3.8, 4) is 0 Å². The van der Waals surface area contributed by atoms with E-state index in [1.807, 2.05) is 0 Å². The molecule has 0 radical (unpaired) electrons. The lowest BCUT2D eigenvalue weighted by atomic mass is 10.1. The third-order valence-corrected chi connectivity index (χ3v) is 2.07. The fraction of sp³-hybridized carbons (Fsp3) is 0.250. The van der Waals surface area contributed by atoms with Gasteiger partial charge in [0.2, 0.25) is 0 Å². The molecule has 14 heavy (non-hydrogen) atoms. The van der Waals surface area contributed by atoms with E-state index in [4.69, 9.17) is 17.3 Å². The standard InChI is InChI=1S/C8H6ClF4N/c1-3-2-4(14)7(10)6(9)5(3)8(11,12)13/h2H,14H2,1H3. The van der Waals surface area contributed by atoms with Crippen LogP contribution in [0.1, 0.15) is 11.1 Å². The fourth-order valence-corrected chi connectivity index (χ4v) is 1.49. The van der Waals surface area contributed by atoms with Gasteiger partial charge >= 0.3 is 6.18 Å².